The number of carbonyl (C=O) groups excluding carboxylic acids is 2. The number of amides is 2. The number of carbonyl (C=O) groups is 2. The first-order valence-electron chi connectivity index (χ1n) is 6.28. The van der Waals surface area contributed by atoms with Crippen LogP contribution in [0.4, 0.5) is 0 Å². The van der Waals surface area contributed by atoms with Crippen LogP contribution in [0.25, 0.3) is 22.3 Å². The van der Waals surface area contributed by atoms with Gasteiger partial charge in [0.1, 0.15) is 0 Å². The highest BCUT2D eigenvalue weighted by Crippen LogP contribution is 2.33. The molecule has 0 aliphatic carbocycles. The maximum Gasteiger partial charge on any atom is 0.262 e. The van der Waals surface area contributed by atoms with E-state index in [0.717, 1.165) is 10.5 Å². The highest BCUT2D eigenvalue weighted by atomic mass is 16.2. The monoisotopic (exact) mass is 279 g/mol. The van der Waals surface area contributed by atoms with Crippen molar-refractivity contribution in [3.05, 3.63) is 41.9 Å². The van der Waals surface area contributed by atoms with Gasteiger partial charge in [-0.1, -0.05) is 0 Å². The summed E-state index contributed by atoms with van der Waals surface area (Å²) < 4.78 is 0. The Morgan fingerprint density at radius 1 is 1.14 bits per heavy atom. The lowest BCUT2D eigenvalue weighted by molar-refractivity contribution is 0.0693. The fourth-order valence-corrected chi connectivity index (χ4v) is 2.54. The second-order valence-corrected chi connectivity index (χ2v) is 4.75. The molecule has 2 amide bonds. The first-order valence-corrected chi connectivity index (χ1v) is 6.28. The number of rotatable bonds is 1. The van der Waals surface area contributed by atoms with Gasteiger partial charge >= 0.3 is 0 Å². The molecule has 3 aromatic rings. The smallest absolute Gasteiger partial charge is 0.262 e. The third-order valence-corrected chi connectivity index (χ3v) is 3.61. The quantitative estimate of drug-likeness (QED) is 0.677. The lowest BCUT2D eigenvalue weighted by Crippen LogP contribution is -2.24. The molecule has 0 unspecified atom stereocenters. The van der Waals surface area contributed by atoms with Gasteiger partial charge in [-0.15, -0.1) is 0 Å². The largest absolute Gasteiger partial charge is 0.277 e. The van der Waals surface area contributed by atoms with Crippen molar-refractivity contribution in [1.82, 2.24) is 25.1 Å². The normalized spacial score (nSPS) is 14.0. The van der Waals surface area contributed by atoms with E-state index in [1.54, 1.807) is 24.5 Å². The van der Waals surface area contributed by atoms with Crippen molar-refractivity contribution in [2.45, 2.75) is 0 Å². The van der Waals surface area contributed by atoms with Crippen LogP contribution in [-0.4, -0.2) is 43.9 Å². The number of H-pyrrole nitrogens is 1. The Bertz CT molecular complexity index is 900. The van der Waals surface area contributed by atoms with E-state index in [0.29, 0.717) is 27.9 Å². The molecular weight excluding hydrogens is 270 g/mol. The van der Waals surface area contributed by atoms with Gasteiger partial charge in [0, 0.05) is 31.2 Å². The molecule has 0 spiro atoms. The zero-order valence-corrected chi connectivity index (χ0v) is 11.0. The van der Waals surface area contributed by atoms with E-state index in [1.807, 2.05) is 0 Å². The number of imide groups is 1. The minimum absolute atomic E-state index is 0.312. The van der Waals surface area contributed by atoms with Crippen molar-refractivity contribution < 1.29 is 9.59 Å². The van der Waals surface area contributed by atoms with Crippen molar-refractivity contribution in [3.8, 4) is 11.3 Å². The number of fused-ring (bicyclic) bond motifs is 3. The van der Waals surface area contributed by atoms with Crippen LogP contribution in [0.1, 0.15) is 20.7 Å². The number of nitrogens with zero attached hydrogens (tertiary/aromatic N) is 4. The summed E-state index contributed by atoms with van der Waals surface area (Å²) in [6, 6.07) is 3.61. The average Bonchev–Trinajstić information content (AvgIpc) is 3.04. The molecule has 3 aromatic heterocycles. The molecule has 4 heterocycles. The fourth-order valence-electron chi connectivity index (χ4n) is 2.54. The number of pyridine rings is 2. The van der Waals surface area contributed by atoms with Gasteiger partial charge in [-0.3, -0.25) is 24.6 Å². The highest BCUT2D eigenvalue weighted by molar-refractivity contribution is 6.27. The third kappa shape index (κ3) is 1.45. The van der Waals surface area contributed by atoms with Crippen LogP contribution in [0.3, 0.4) is 0 Å². The van der Waals surface area contributed by atoms with Crippen molar-refractivity contribution in [3.63, 3.8) is 0 Å². The van der Waals surface area contributed by atoms with Gasteiger partial charge in [0.05, 0.1) is 22.2 Å². The summed E-state index contributed by atoms with van der Waals surface area (Å²) in [5.41, 5.74) is 2.57. The van der Waals surface area contributed by atoms with Crippen LogP contribution in [0.5, 0.6) is 0 Å². The second kappa shape index (κ2) is 3.95. The second-order valence-electron chi connectivity index (χ2n) is 4.75. The van der Waals surface area contributed by atoms with Crippen LogP contribution in [0.15, 0.2) is 30.7 Å². The van der Waals surface area contributed by atoms with Crippen LogP contribution in [-0.2, 0) is 0 Å². The molecular formula is C14H9N5O2. The zero-order chi connectivity index (χ0) is 14.6. The molecule has 0 bridgehead atoms. The molecule has 4 rings (SSSR count). The van der Waals surface area contributed by atoms with Gasteiger partial charge in [0.15, 0.2) is 5.65 Å². The van der Waals surface area contributed by atoms with E-state index in [4.69, 9.17) is 0 Å². The Hall–Kier alpha value is -3.09. The molecule has 0 aromatic carbocycles. The number of hydrogen-bond acceptors (Lipinski definition) is 5. The SMILES string of the molecule is CN1C(=O)c2cnc3n[nH]c(-c4ccncc4)c3c2C1=O. The van der Waals surface area contributed by atoms with E-state index < -0.39 is 0 Å². The van der Waals surface area contributed by atoms with E-state index in [1.165, 1.54) is 13.2 Å². The minimum Gasteiger partial charge on any atom is -0.277 e. The Morgan fingerprint density at radius 2 is 1.90 bits per heavy atom. The van der Waals surface area contributed by atoms with Crippen LogP contribution in [0, 0.1) is 0 Å². The van der Waals surface area contributed by atoms with Gasteiger partial charge in [0.2, 0.25) is 0 Å². The Morgan fingerprint density at radius 3 is 2.67 bits per heavy atom. The van der Waals surface area contributed by atoms with Gasteiger partial charge in [-0.25, -0.2) is 4.98 Å². The summed E-state index contributed by atoms with van der Waals surface area (Å²) in [5.74, 6) is -0.676. The van der Waals surface area contributed by atoms with Crippen LogP contribution in [0.2, 0.25) is 0 Å². The third-order valence-electron chi connectivity index (χ3n) is 3.61. The molecule has 1 aliphatic rings. The number of nitrogens with one attached hydrogen (secondary N) is 1. The number of aromatic amines is 1. The standard InChI is InChI=1S/C14H9N5O2/c1-19-13(20)8-6-16-12-10(9(8)14(19)21)11(17-18-12)7-2-4-15-5-3-7/h2-6H,1H3,(H,16,17,18). The van der Waals surface area contributed by atoms with Crippen LogP contribution < -0.4 is 0 Å². The van der Waals surface area contributed by atoms with Crippen molar-refractivity contribution in [2.24, 2.45) is 0 Å². The van der Waals surface area contributed by atoms with Gasteiger partial charge in [-0.2, -0.15) is 5.10 Å². The summed E-state index contributed by atoms with van der Waals surface area (Å²) in [6.45, 7) is 0. The van der Waals surface area contributed by atoms with E-state index in [9.17, 15) is 9.59 Å². The van der Waals surface area contributed by atoms with Gasteiger partial charge in [-0.05, 0) is 12.1 Å². The molecule has 102 valence electrons. The fraction of sp³-hybridized carbons (Fsp3) is 0.0714. The van der Waals surface area contributed by atoms with E-state index >= 15 is 0 Å². The van der Waals surface area contributed by atoms with Gasteiger partial charge in [0.25, 0.3) is 11.8 Å². The molecule has 0 saturated heterocycles. The van der Waals surface area contributed by atoms with Crippen molar-refractivity contribution in [2.75, 3.05) is 7.05 Å². The highest BCUT2D eigenvalue weighted by Gasteiger charge is 2.36. The Balaban J connectivity index is 2.10. The average molecular weight is 279 g/mol. The maximum atomic E-state index is 12.3. The number of aromatic nitrogens is 4. The molecule has 1 N–H and O–H groups in total. The summed E-state index contributed by atoms with van der Waals surface area (Å²) >= 11 is 0. The predicted octanol–water partition coefficient (Wildman–Crippen LogP) is 1.25. The topological polar surface area (TPSA) is 91.8 Å². The minimum atomic E-state index is -0.341. The Labute approximate surface area is 118 Å². The molecule has 0 radical (unpaired) electrons. The first-order chi connectivity index (χ1) is 10.2. The lowest BCUT2D eigenvalue weighted by atomic mass is 10.0. The molecule has 1 aliphatic heterocycles. The summed E-state index contributed by atoms with van der Waals surface area (Å²) in [7, 11) is 1.46. The van der Waals surface area contributed by atoms with Gasteiger partial charge < -0.3 is 0 Å². The molecule has 7 heteroatoms. The number of hydrogen-bond donors (Lipinski definition) is 1. The van der Waals surface area contributed by atoms with Crippen LogP contribution >= 0.6 is 0 Å². The predicted molar refractivity (Wildman–Crippen MR) is 73.5 cm³/mol. The maximum absolute atomic E-state index is 12.3. The van der Waals surface area contributed by atoms with Crippen molar-refractivity contribution >= 4 is 22.8 Å². The summed E-state index contributed by atoms with van der Waals surface area (Å²) in [5, 5.41) is 7.58. The zero-order valence-electron chi connectivity index (χ0n) is 11.0. The first kappa shape index (κ1) is 11.7. The molecule has 0 atom stereocenters. The summed E-state index contributed by atoms with van der Waals surface area (Å²) in [4.78, 5) is 33.6. The summed E-state index contributed by atoms with van der Waals surface area (Å²) in [6.07, 6.45) is 4.70. The lowest BCUT2D eigenvalue weighted by Gasteiger charge is -2.03. The Kier molecular flexibility index (Phi) is 2.20. The molecule has 7 nitrogen and oxygen atoms in total. The van der Waals surface area contributed by atoms with E-state index in [2.05, 4.69) is 20.2 Å². The molecule has 0 fully saturated rings. The van der Waals surface area contributed by atoms with Crippen molar-refractivity contribution in [1.29, 1.82) is 0 Å². The van der Waals surface area contributed by atoms with E-state index in [-0.39, 0.29) is 11.8 Å². The molecule has 21 heavy (non-hydrogen) atoms. The molecule has 0 saturated carbocycles.